The van der Waals surface area contributed by atoms with Crippen LogP contribution in [0.2, 0.25) is 0 Å². The Morgan fingerprint density at radius 2 is 1.79 bits per heavy atom. The number of rotatable bonds is 6. The summed E-state index contributed by atoms with van der Waals surface area (Å²) in [6.45, 7) is 8.93. The topological polar surface area (TPSA) is 82.6 Å². The molecule has 0 atom stereocenters. The fraction of sp³-hybridized carbons (Fsp3) is 0.500. The highest BCUT2D eigenvalue weighted by atomic mass is 32.2. The van der Waals surface area contributed by atoms with Gasteiger partial charge in [-0.1, -0.05) is 51.1 Å². The Balaban J connectivity index is 1.51. The van der Waals surface area contributed by atoms with E-state index in [-0.39, 0.29) is 11.8 Å². The van der Waals surface area contributed by atoms with Crippen LogP contribution in [0.3, 0.4) is 0 Å². The summed E-state index contributed by atoms with van der Waals surface area (Å²) in [7, 11) is -3.84. The van der Waals surface area contributed by atoms with Crippen molar-refractivity contribution in [3.8, 4) is 0 Å². The number of nitrogens with zero attached hydrogens (tertiary/aromatic N) is 3. The molecule has 1 aromatic heterocycles. The summed E-state index contributed by atoms with van der Waals surface area (Å²) in [6.07, 6.45) is -0.0419. The minimum Gasteiger partial charge on any atom is -0.296 e. The van der Waals surface area contributed by atoms with E-state index in [1.54, 1.807) is 0 Å². The molecule has 0 saturated carbocycles. The van der Waals surface area contributed by atoms with Crippen LogP contribution < -0.4 is 4.72 Å². The maximum Gasteiger partial charge on any atom is 0.303 e. The molecule has 0 radical (unpaired) electrons. The second kappa shape index (κ2) is 8.91. The smallest absolute Gasteiger partial charge is 0.296 e. The highest BCUT2D eigenvalue weighted by Gasteiger charge is 2.28. The average molecular weight is 437 g/mol. The third-order valence-corrected chi connectivity index (χ3v) is 7.55. The lowest BCUT2D eigenvalue weighted by Crippen LogP contribution is -2.52. The van der Waals surface area contributed by atoms with Gasteiger partial charge in [0.1, 0.15) is 0 Å². The molecule has 1 aliphatic rings. The summed E-state index contributed by atoms with van der Waals surface area (Å²) in [5.41, 5.74) is 1.71. The van der Waals surface area contributed by atoms with Crippen LogP contribution in [0.4, 0.5) is 0 Å². The molecule has 2 aromatic rings. The molecule has 0 unspecified atom stereocenters. The maximum atomic E-state index is 12.6. The van der Waals surface area contributed by atoms with E-state index >= 15 is 0 Å². The average Bonchev–Trinajstić information content (AvgIpc) is 3.11. The van der Waals surface area contributed by atoms with Crippen molar-refractivity contribution < 1.29 is 13.2 Å². The second-order valence-corrected chi connectivity index (χ2v) is 10.8. The Morgan fingerprint density at radius 3 is 2.38 bits per heavy atom. The van der Waals surface area contributed by atoms with Crippen molar-refractivity contribution in [2.45, 2.75) is 39.2 Å². The number of benzene rings is 1. The molecule has 2 heterocycles. The van der Waals surface area contributed by atoms with E-state index in [4.69, 9.17) is 0 Å². The van der Waals surface area contributed by atoms with Gasteiger partial charge >= 0.3 is 10.2 Å². The molecule has 1 amide bonds. The first kappa shape index (κ1) is 21.9. The number of carbonyl (C=O) groups excluding carboxylic acids is 1. The third kappa shape index (κ3) is 6.08. The summed E-state index contributed by atoms with van der Waals surface area (Å²) < 4.78 is 28.7. The van der Waals surface area contributed by atoms with Crippen molar-refractivity contribution >= 4 is 27.5 Å². The molecule has 1 aromatic carbocycles. The van der Waals surface area contributed by atoms with E-state index in [0.29, 0.717) is 31.9 Å². The Kier molecular flexibility index (Phi) is 6.72. The molecule has 1 saturated heterocycles. The van der Waals surface area contributed by atoms with Crippen LogP contribution in [0.1, 0.15) is 37.0 Å². The van der Waals surface area contributed by atoms with Gasteiger partial charge in [0.05, 0.1) is 17.1 Å². The van der Waals surface area contributed by atoms with Crippen molar-refractivity contribution in [1.29, 1.82) is 0 Å². The monoisotopic (exact) mass is 436 g/mol. The minimum absolute atomic E-state index is 0.0419. The first-order chi connectivity index (χ1) is 13.6. The first-order valence-corrected chi connectivity index (χ1v) is 12.0. The van der Waals surface area contributed by atoms with Crippen molar-refractivity contribution in [1.82, 2.24) is 18.9 Å². The van der Waals surface area contributed by atoms with Crippen molar-refractivity contribution in [2.24, 2.45) is 0 Å². The molecule has 0 aliphatic carbocycles. The van der Waals surface area contributed by atoms with E-state index in [9.17, 15) is 13.2 Å². The molecule has 1 fully saturated rings. The summed E-state index contributed by atoms with van der Waals surface area (Å²) in [5.74, 6) is -0.553. The number of thiazole rings is 1. The number of piperazine rings is 1. The van der Waals surface area contributed by atoms with Gasteiger partial charge in [-0.2, -0.15) is 12.7 Å². The Labute approximate surface area is 176 Å². The highest BCUT2D eigenvalue weighted by molar-refractivity contribution is 7.87. The van der Waals surface area contributed by atoms with Gasteiger partial charge in [-0.05, 0) is 5.56 Å². The molecule has 7 nitrogen and oxygen atoms in total. The fourth-order valence-corrected chi connectivity index (χ4v) is 5.15. The maximum absolute atomic E-state index is 12.6. The normalized spacial score (nSPS) is 16.7. The van der Waals surface area contributed by atoms with Gasteiger partial charge in [0.2, 0.25) is 5.91 Å². The number of carbonyl (C=O) groups is 1. The molecule has 0 spiro atoms. The van der Waals surface area contributed by atoms with Gasteiger partial charge in [0, 0.05) is 43.5 Å². The molecule has 1 N–H and O–H groups in total. The van der Waals surface area contributed by atoms with Gasteiger partial charge in [-0.3, -0.25) is 9.69 Å². The number of amides is 1. The van der Waals surface area contributed by atoms with Gasteiger partial charge in [0.25, 0.3) is 0 Å². The third-order valence-electron chi connectivity index (χ3n) is 4.70. The lowest BCUT2D eigenvalue weighted by atomic mass is 9.98. The Bertz CT molecular complexity index is 928. The molecular formula is C20H28N4O3S2. The Morgan fingerprint density at radius 1 is 1.14 bits per heavy atom. The van der Waals surface area contributed by atoms with Gasteiger partial charge in [-0.15, -0.1) is 11.3 Å². The summed E-state index contributed by atoms with van der Waals surface area (Å²) >= 11 is 1.49. The van der Waals surface area contributed by atoms with E-state index in [2.05, 4.69) is 47.5 Å². The van der Waals surface area contributed by atoms with Crippen LogP contribution in [-0.4, -0.2) is 54.7 Å². The van der Waals surface area contributed by atoms with Crippen LogP contribution in [0.15, 0.2) is 35.7 Å². The minimum atomic E-state index is -3.84. The standard InChI is InChI=1S/C20H28N4O3S2/c1-20(2,3)19-21-17(15-28-19)13-18(25)22-29(26,27)24-11-9-23(10-12-24)14-16-7-5-4-6-8-16/h4-8,15H,9-14H2,1-3H3,(H,22,25). The van der Waals surface area contributed by atoms with E-state index in [1.807, 2.05) is 23.6 Å². The quantitative estimate of drug-likeness (QED) is 0.750. The molecular weight excluding hydrogens is 408 g/mol. The van der Waals surface area contributed by atoms with Crippen LogP contribution in [-0.2, 0) is 33.4 Å². The Hall–Kier alpha value is -1.81. The molecule has 9 heteroatoms. The predicted octanol–water partition coefficient (Wildman–Crippen LogP) is 2.16. The lowest BCUT2D eigenvalue weighted by molar-refractivity contribution is -0.118. The molecule has 158 valence electrons. The van der Waals surface area contributed by atoms with Crippen LogP contribution in [0.5, 0.6) is 0 Å². The van der Waals surface area contributed by atoms with Gasteiger partial charge in [0.15, 0.2) is 0 Å². The predicted molar refractivity (Wildman–Crippen MR) is 115 cm³/mol. The SMILES string of the molecule is CC(C)(C)c1nc(CC(=O)NS(=O)(=O)N2CCN(Cc3ccccc3)CC2)cs1. The summed E-state index contributed by atoms with van der Waals surface area (Å²) in [4.78, 5) is 18.9. The van der Waals surface area contributed by atoms with Crippen LogP contribution in [0, 0.1) is 0 Å². The summed E-state index contributed by atoms with van der Waals surface area (Å²) in [5, 5.41) is 2.74. The van der Waals surface area contributed by atoms with Crippen molar-refractivity contribution in [3.63, 3.8) is 0 Å². The van der Waals surface area contributed by atoms with E-state index in [1.165, 1.54) is 21.2 Å². The lowest BCUT2D eigenvalue weighted by Gasteiger charge is -2.33. The van der Waals surface area contributed by atoms with Gasteiger partial charge < -0.3 is 0 Å². The number of aromatic nitrogens is 1. The van der Waals surface area contributed by atoms with Crippen molar-refractivity contribution in [2.75, 3.05) is 26.2 Å². The largest absolute Gasteiger partial charge is 0.303 e. The number of hydrogen-bond acceptors (Lipinski definition) is 6. The molecule has 1 aliphatic heterocycles. The van der Waals surface area contributed by atoms with Gasteiger partial charge in [-0.25, -0.2) is 9.71 Å². The van der Waals surface area contributed by atoms with E-state index in [0.717, 1.165) is 11.6 Å². The number of nitrogens with one attached hydrogen (secondary N) is 1. The fourth-order valence-electron chi connectivity index (χ4n) is 3.11. The molecule has 0 bridgehead atoms. The number of hydrogen-bond donors (Lipinski definition) is 1. The zero-order valence-electron chi connectivity index (χ0n) is 17.1. The second-order valence-electron chi connectivity index (χ2n) is 8.26. The summed E-state index contributed by atoms with van der Waals surface area (Å²) in [6, 6.07) is 10.1. The zero-order valence-corrected chi connectivity index (χ0v) is 18.7. The van der Waals surface area contributed by atoms with Crippen LogP contribution in [0.25, 0.3) is 0 Å². The highest BCUT2D eigenvalue weighted by Crippen LogP contribution is 2.25. The van der Waals surface area contributed by atoms with Crippen LogP contribution >= 0.6 is 11.3 Å². The molecule has 29 heavy (non-hydrogen) atoms. The molecule has 3 rings (SSSR count). The first-order valence-electron chi connectivity index (χ1n) is 9.65. The van der Waals surface area contributed by atoms with Crippen molar-refractivity contribution in [3.05, 3.63) is 52.0 Å². The zero-order chi connectivity index (χ0) is 21.1. The van der Waals surface area contributed by atoms with E-state index < -0.39 is 16.1 Å².